The predicted molar refractivity (Wildman–Crippen MR) is 71.8 cm³/mol. The lowest BCUT2D eigenvalue weighted by molar-refractivity contribution is 0.104. The monoisotopic (exact) mass is 322 g/mol. The predicted octanol–water partition coefficient (Wildman–Crippen LogP) is 3.70. The van der Waals surface area contributed by atoms with Gasteiger partial charge in [-0.3, -0.25) is 4.79 Å². The van der Waals surface area contributed by atoms with E-state index in [1.54, 1.807) is 6.07 Å². The second-order valence-corrected chi connectivity index (χ2v) is 4.78. The molecule has 2 nitrogen and oxygen atoms in total. The Hall–Kier alpha value is -1.36. The Bertz CT molecular complexity index is 651. The summed E-state index contributed by atoms with van der Waals surface area (Å²) in [4.78, 5) is 12.0. The number of aliphatic hydroxyl groups is 1. The molecule has 3 heteroatoms. The van der Waals surface area contributed by atoms with Gasteiger partial charge in [0.05, 0.1) is 0 Å². The molecule has 16 heavy (non-hydrogen) atoms. The topological polar surface area (TPSA) is 37.3 Å². The first kappa shape index (κ1) is 9.84. The maximum Gasteiger partial charge on any atom is 0.203 e. The summed E-state index contributed by atoms with van der Waals surface area (Å²) in [5, 5.41) is 11.8. The van der Waals surface area contributed by atoms with Gasteiger partial charge in [0.2, 0.25) is 5.78 Å². The highest BCUT2D eigenvalue weighted by atomic mass is 127. The molecule has 0 saturated carbocycles. The SMILES string of the molecule is O=C1C(I)=C(O)c2cccc3cccc1c23. The Labute approximate surface area is 106 Å². The molecule has 78 valence electrons. The van der Waals surface area contributed by atoms with Gasteiger partial charge < -0.3 is 5.11 Å². The van der Waals surface area contributed by atoms with Crippen molar-refractivity contribution in [2.75, 3.05) is 0 Å². The van der Waals surface area contributed by atoms with Crippen LogP contribution in [-0.4, -0.2) is 10.9 Å². The molecule has 0 radical (unpaired) electrons. The van der Waals surface area contributed by atoms with E-state index >= 15 is 0 Å². The molecule has 0 unspecified atom stereocenters. The van der Waals surface area contributed by atoms with Crippen LogP contribution in [0.5, 0.6) is 0 Å². The Morgan fingerprint density at radius 3 is 2.31 bits per heavy atom. The van der Waals surface area contributed by atoms with E-state index in [1.165, 1.54) is 0 Å². The summed E-state index contributed by atoms with van der Waals surface area (Å²) in [5.74, 6) is -0.00250. The van der Waals surface area contributed by atoms with Crippen LogP contribution in [-0.2, 0) is 0 Å². The van der Waals surface area contributed by atoms with Crippen molar-refractivity contribution in [3.63, 3.8) is 0 Å². The minimum atomic E-state index is -0.0950. The Morgan fingerprint density at radius 1 is 1.00 bits per heavy atom. The zero-order valence-electron chi connectivity index (χ0n) is 8.20. The number of hydrogen-bond acceptors (Lipinski definition) is 2. The van der Waals surface area contributed by atoms with Crippen molar-refractivity contribution < 1.29 is 9.90 Å². The van der Waals surface area contributed by atoms with Crippen molar-refractivity contribution >= 4 is 44.9 Å². The Kier molecular flexibility index (Phi) is 2.04. The third kappa shape index (κ3) is 1.15. The molecule has 2 aromatic rings. The van der Waals surface area contributed by atoms with Crippen molar-refractivity contribution in [1.29, 1.82) is 0 Å². The third-order valence-electron chi connectivity index (χ3n) is 2.81. The van der Waals surface area contributed by atoms with Crippen LogP contribution in [0.4, 0.5) is 0 Å². The van der Waals surface area contributed by atoms with Gasteiger partial charge in [-0.15, -0.1) is 0 Å². The summed E-state index contributed by atoms with van der Waals surface area (Å²) in [5.41, 5.74) is 1.42. The maximum absolute atomic E-state index is 12.0. The lowest BCUT2D eigenvalue weighted by Crippen LogP contribution is -2.08. The molecule has 0 heterocycles. The molecule has 3 rings (SSSR count). The summed E-state index contributed by atoms with van der Waals surface area (Å²) in [6.07, 6.45) is 0. The molecule has 0 spiro atoms. The number of carbonyl (C=O) groups is 1. The van der Waals surface area contributed by atoms with Crippen LogP contribution in [0.1, 0.15) is 15.9 Å². The van der Waals surface area contributed by atoms with Crippen molar-refractivity contribution in [1.82, 2.24) is 0 Å². The van der Waals surface area contributed by atoms with Gasteiger partial charge in [0.15, 0.2) is 0 Å². The normalized spacial score (nSPS) is 14.7. The number of hydrogen-bond donors (Lipinski definition) is 1. The van der Waals surface area contributed by atoms with Crippen LogP contribution in [0.25, 0.3) is 16.5 Å². The fourth-order valence-corrected chi connectivity index (χ4v) is 2.65. The highest BCUT2D eigenvalue weighted by Crippen LogP contribution is 2.37. The van der Waals surface area contributed by atoms with Gasteiger partial charge in [-0.2, -0.15) is 0 Å². The molecule has 0 saturated heterocycles. The van der Waals surface area contributed by atoms with E-state index in [0.29, 0.717) is 9.14 Å². The van der Waals surface area contributed by atoms with Crippen molar-refractivity contribution in [2.24, 2.45) is 0 Å². The van der Waals surface area contributed by atoms with Gasteiger partial charge in [0.25, 0.3) is 0 Å². The first-order chi connectivity index (χ1) is 7.70. The quantitative estimate of drug-likeness (QED) is 0.751. The molecule has 0 amide bonds. The number of rotatable bonds is 0. The second kappa shape index (κ2) is 3.31. The molecular weight excluding hydrogens is 315 g/mol. The molecule has 0 aromatic heterocycles. The third-order valence-corrected chi connectivity index (χ3v) is 3.81. The van der Waals surface area contributed by atoms with E-state index in [0.717, 1.165) is 16.3 Å². The number of aliphatic hydroxyl groups excluding tert-OH is 1. The van der Waals surface area contributed by atoms with E-state index < -0.39 is 0 Å². The molecule has 1 aliphatic rings. The smallest absolute Gasteiger partial charge is 0.203 e. The number of Topliss-reactive ketones (excluding diaryl/α,β-unsaturated/α-hetero) is 1. The van der Waals surface area contributed by atoms with Gasteiger partial charge in [-0.25, -0.2) is 0 Å². The minimum Gasteiger partial charge on any atom is -0.506 e. The lowest BCUT2D eigenvalue weighted by atomic mass is 9.91. The molecule has 1 N–H and O–H groups in total. The summed E-state index contributed by atoms with van der Waals surface area (Å²) in [7, 11) is 0. The molecule has 0 bridgehead atoms. The molecule has 0 aliphatic heterocycles. The van der Waals surface area contributed by atoms with Gasteiger partial charge >= 0.3 is 0 Å². The van der Waals surface area contributed by atoms with Crippen molar-refractivity contribution in [3.05, 3.63) is 51.1 Å². The minimum absolute atomic E-state index is 0.0925. The largest absolute Gasteiger partial charge is 0.506 e. The Balaban J connectivity index is 2.57. The molecule has 0 atom stereocenters. The zero-order chi connectivity index (χ0) is 11.3. The molecule has 2 aromatic carbocycles. The molecule has 0 fully saturated rings. The van der Waals surface area contributed by atoms with E-state index in [2.05, 4.69) is 0 Å². The first-order valence-electron chi connectivity index (χ1n) is 4.85. The summed E-state index contributed by atoms with van der Waals surface area (Å²) < 4.78 is 0.392. The van der Waals surface area contributed by atoms with Crippen LogP contribution in [0.3, 0.4) is 0 Å². The highest BCUT2D eigenvalue weighted by Gasteiger charge is 2.25. The number of allylic oxidation sites excluding steroid dienone is 1. The maximum atomic E-state index is 12.0. The Morgan fingerprint density at radius 2 is 1.62 bits per heavy atom. The van der Waals surface area contributed by atoms with Crippen LogP contribution in [0.15, 0.2) is 40.0 Å². The lowest BCUT2D eigenvalue weighted by Gasteiger charge is -2.16. The highest BCUT2D eigenvalue weighted by molar-refractivity contribution is 14.1. The van der Waals surface area contributed by atoms with Gasteiger partial charge in [0.1, 0.15) is 9.34 Å². The van der Waals surface area contributed by atoms with Crippen molar-refractivity contribution in [3.8, 4) is 0 Å². The van der Waals surface area contributed by atoms with Crippen molar-refractivity contribution in [2.45, 2.75) is 0 Å². The van der Waals surface area contributed by atoms with Gasteiger partial charge in [-0.05, 0) is 28.0 Å². The van der Waals surface area contributed by atoms with E-state index in [4.69, 9.17) is 0 Å². The van der Waals surface area contributed by atoms with Crippen LogP contribution < -0.4 is 0 Å². The fourth-order valence-electron chi connectivity index (χ4n) is 2.07. The molecule has 1 aliphatic carbocycles. The zero-order valence-corrected chi connectivity index (χ0v) is 10.4. The average Bonchev–Trinajstić information content (AvgIpc) is 2.33. The number of carbonyl (C=O) groups excluding carboxylic acids is 1. The van der Waals surface area contributed by atoms with E-state index in [9.17, 15) is 9.90 Å². The second-order valence-electron chi connectivity index (χ2n) is 3.70. The van der Waals surface area contributed by atoms with E-state index in [-0.39, 0.29) is 11.5 Å². The fraction of sp³-hybridized carbons (Fsp3) is 0. The van der Waals surface area contributed by atoms with Gasteiger partial charge in [-0.1, -0.05) is 36.4 Å². The first-order valence-corrected chi connectivity index (χ1v) is 5.93. The standard InChI is InChI=1S/C13H7IO2/c14-11-12(15)8-5-1-3-7-4-2-6-9(10(7)8)13(11)16/h1-6,15H. The summed E-state index contributed by atoms with van der Waals surface area (Å²) >= 11 is 1.90. The summed E-state index contributed by atoms with van der Waals surface area (Å²) in [6, 6.07) is 11.3. The number of benzene rings is 2. The van der Waals surface area contributed by atoms with Crippen LogP contribution >= 0.6 is 22.6 Å². The van der Waals surface area contributed by atoms with E-state index in [1.807, 2.05) is 52.9 Å². The van der Waals surface area contributed by atoms with Crippen LogP contribution in [0.2, 0.25) is 0 Å². The molecular formula is C13H7IO2. The summed E-state index contributed by atoms with van der Waals surface area (Å²) in [6.45, 7) is 0. The average molecular weight is 322 g/mol. The van der Waals surface area contributed by atoms with Gasteiger partial charge in [0, 0.05) is 16.5 Å². The van der Waals surface area contributed by atoms with Crippen LogP contribution in [0, 0.1) is 0 Å². The number of halogens is 1. The number of ketones is 1.